The van der Waals surface area contributed by atoms with Gasteiger partial charge in [-0.3, -0.25) is 0 Å². The molecule has 134 valence electrons. The normalized spacial score (nSPS) is 13.0. The second-order valence-corrected chi connectivity index (χ2v) is 6.63. The van der Waals surface area contributed by atoms with Crippen LogP contribution in [0, 0.1) is 10.1 Å². The first-order chi connectivity index (χ1) is 12.6. The summed E-state index contributed by atoms with van der Waals surface area (Å²) in [5, 5.41) is 16.8. The summed E-state index contributed by atoms with van der Waals surface area (Å²) in [4.78, 5) is 14.1. The molecule has 7 nitrogen and oxygen atoms in total. The van der Waals surface area contributed by atoms with E-state index in [1.807, 2.05) is 30.3 Å². The van der Waals surface area contributed by atoms with Gasteiger partial charge in [0, 0.05) is 19.7 Å². The average Bonchev–Trinajstić information content (AvgIpc) is 3.11. The topological polar surface area (TPSA) is 76.3 Å². The second-order valence-electron chi connectivity index (χ2n) is 6.63. The molecule has 1 aliphatic carbocycles. The molecule has 0 saturated heterocycles. The van der Waals surface area contributed by atoms with Crippen LogP contribution in [0.3, 0.4) is 0 Å². The zero-order valence-corrected chi connectivity index (χ0v) is 14.8. The van der Waals surface area contributed by atoms with Crippen molar-refractivity contribution in [3.05, 3.63) is 63.2 Å². The first kappa shape index (κ1) is 16.4. The Morgan fingerprint density at radius 3 is 2.62 bits per heavy atom. The number of benzene rings is 2. The predicted molar refractivity (Wildman–Crippen MR) is 99.0 cm³/mol. The first-order valence-electron chi connectivity index (χ1n) is 8.60. The monoisotopic (exact) mass is 352 g/mol. The van der Waals surface area contributed by atoms with E-state index in [4.69, 9.17) is 4.74 Å². The number of fused-ring (bicyclic) bond motifs is 2. The molecule has 0 bridgehead atoms. The summed E-state index contributed by atoms with van der Waals surface area (Å²) < 4.78 is 6.47. The van der Waals surface area contributed by atoms with E-state index in [1.54, 1.807) is 25.1 Å². The van der Waals surface area contributed by atoms with Crippen molar-refractivity contribution in [2.24, 2.45) is 0 Å². The van der Waals surface area contributed by atoms with Crippen molar-refractivity contribution in [2.45, 2.75) is 25.8 Å². The van der Waals surface area contributed by atoms with Gasteiger partial charge < -0.3 is 19.6 Å². The van der Waals surface area contributed by atoms with Crippen molar-refractivity contribution in [1.29, 1.82) is 0 Å². The Morgan fingerprint density at radius 1 is 1.23 bits per heavy atom. The number of rotatable bonds is 4. The van der Waals surface area contributed by atoms with Crippen molar-refractivity contribution >= 4 is 17.0 Å². The Morgan fingerprint density at radius 2 is 1.92 bits per heavy atom. The van der Waals surface area contributed by atoms with E-state index in [9.17, 15) is 10.1 Å². The van der Waals surface area contributed by atoms with E-state index in [0.29, 0.717) is 22.1 Å². The van der Waals surface area contributed by atoms with Crippen molar-refractivity contribution in [3.8, 4) is 5.75 Å². The highest BCUT2D eigenvalue weighted by Crippen LogP contribution is 2.27. The van der Waals surface area contributed by atoms with Gasteiger partial charge >= 0.3 is 5.52 Å². The minimum Gasteiger partial charge on any atom is -0.803 e. The number of nitrogens with zero attached hydrogens (tertiary/aromatic N) is 4. The van der Waals surface area contributed by atoms with Crippen LogP contribution < -0.4 is 14.2 Å². The SMILES string of the molecule is COc1ccc(CN(C)c2n[n+](=O)c3cc4c(cc3n2[O-])CCC4)cc1. The summed E-state index contributed by atoms with van der Waals surface area (Å²) in [5.41, 5.74) is 3.97. The number of methoxy groups -OCH3 is 1. The highest BCUT2D eigenvalue weighted by molar-refractivity contribution is 5.76. The van der Waals surface area contributed by atoms with Crippen LogP contribution in [0.15, 0.2) is 36.4 Å². The highest BCUT2D eigenvalue weighted by Gasteiger charge is 2.21. The van der Waals surface area contributed by atoms with Crippen molar-refractivity contribution in [2.75, 3.05) is 19.1 Å². The lowest BCUT2D eigenvalue weighted by molar-refractivity contribution is -0.535. The van der Waals surface area contributed by atoms with Gasteiger partial charge in [0.15, 0.2) is 4.54 Å². The molecule has 1 aromatic heterocycles. The van der Waals surface area contributed by atoms with E-state index in [-0.39, 0.29) is 5.95 Å². The smallest absolute Gasteiger partial charge is 0.318 e. The molecular formula is C19H20N4O3. The maximum atomic E-state index is 12.9. The van der Waals surface area contributed by atoms with Gasteiger partial charge in [-0.1, -0.05) is 12.1 Å². The van der Waals surface area contributed by atoms with Crippen LogP contribution in [0.25, 0.3) is 11.0 Å². The van der Waals surface area contributed by atoms with Crippen LogP contribution in [0.2, 0.25) is 0 Å². The third-order valence-corrected chi connectivity index (χ3v) is 4.90. The maximum absolute atomic E-state index is 12.9. The molecule has 0 saturated carbocycles. The average molecular weight is 352 g/mol. The van der Waals surface area contributed by atoms with Crippen LogP contribution in [0.4, 0.5) is 5.95 Å². The summed E-state index contributed by atoms with van der Waals surface area (Å²) in [6.45, 7) is 0.454. The van der Waals surface area contributed by atoms with Gasteiger partial charge in [-0.25, -0.2) is 0 Å². The van der Waals surface area contributed by atoms with Crippen LogP contribution in [-0.2, 0) is 19.4 Å². The molecule has 2 aromatic carbocycles. The Bertz CT molecular complexity index is 1030. The van der Waals surface area contributed by atoms with E-state index >= 15 is 0 Å². The molecule has 0 N–H and O–H groups in total. The first-order valence-corrected chi connectivity index (χ1v) is 8.60. The van der Waals surface area contributed by atoms with Gasteiger partial charge in [0.1, 0.15) is 11.3 Å². The van der Waals surface area contributed by atoms with Crippen molar-refractivity contribution in [1.82, 2.24) is 9.83 Å². The maximum Gasteiger partial charge on any atom is 0.318 e. The fourth-order valence-corrected chi connectivity index (χ4v) is 3.50. The zero-order valence-electron chi connectivity index (χ0n) is 14.8. The Kier molecular flexibility index (Phi) is 3.99. The molecule has 0 aliphatic heterocycles. The molecule has 3 aromatic rings. The summed E-state index contributed by atoms with van der Waals surface area (Å²) in [6.07, 6.45) is 2.95. The molecule has 0 amide bonds. The van der Waals surface area contributed by atoms with Gasteiger partial charge in [0.2, 0.25) is 0 Å². The number of hydrogen-bond acceptors (Lipinski definition) is 5. The van der Waals surface area contributed by atoms with Crippen molar-refractivity contribution in [3.63, 3.8) is 0 Å². The van der Waals surface area contributed by atoms with Gasteiger partial charge in [0.05, 0.1) is 17.1 Å². The van der Waals surface area contributed by atoms with E-state index in [1.165, 1.54) is 0 Å². The fraction of sp³-hybridized carbons (Fsp3) is 0.316. The lowest BCUT2D eigenvalue weighted by atomic mass is 10.1. The summed E-state index contributed by atoms with van der Waals surface area (Å²) in [5.74, 6) is 0.853. The van der Waals surface area contributed by atoms with Gasteiger partial charge in [-0.05, 0) is 54.2 Å². The molecule has 1 aliphatic rings. The minimum absolute atomic E-state index is 0.0845. The minimum atomic E-state index is 0.0845. The second kappa shape index (κ2) is 6.33. The Balaban J connectivity index is 1.72. The van der Waals surface area contributed by atoms with Gasteiger partial charge in [-0.15, -0.1) is 0 Å². The third-order valence-electron chi connectivity index (χ3n) is 4.90. The summed E-state index contributed by atoms with van der Waals surface area (Å²) in [6, 6.07) is 11.2. The molecule has 0 atom stereocenters. The fourth-order valence-electron chi connectivity index (χ4n) is 3.50. The van der Waals surface area contributed by atoms with E-state index in [0.717, 1.165) is 46.4 Å². The van der Waals surface area contributed by atoms with Crippen LogP contribution in [0.5, 0.6) is 5.75 Å². The van der Waals surface area contributed by atoms with Crippen LogP contribution in [0.1, 0.15) is 23.1 Å². The number of aryl methyl sites for hydroxylation is 2. The molecule has 0 spiro atoms. The number of anilines is 1. The number of hydrogen-bond donors (Lipinski definition) is 0. The molecule has 7 heteroatoms. The molecule has 0 fully saturated rings. The number of ether oxygens (including phenoxy) is 1. The molecule has 1 heterocycles. The largest absolute Gasteiger partial charge is 0.803 e. The molecule has 26 heavy (non-hydrogen) atoms. The third kappa shape index (κ3) is 2.75. The van der Waals surface area contributed by atoms with E-state index < -0.39 is 0 Å². The van der Waals surface area contributed by atoms with Crippen LogP contribution in [-0.4, -0.2) is 24.0 Å². The molecular weight excluding hydrogens is 332 g/mol. The van der Waals surface area contributed by atoms with Crippen molar-refractivity contribution < 1.29 is 9.28 Å². The van der Waals surface area contributed by atoms with Gasteiger partial charge in [0.25, 0.3) is 5.95 Å². The lowest BCUT2D eigenvalue weighted by Crippen LogP contribution is -2.30. The standard InChI is InChI=1S/C19H20N4O3/c1-21(12-13-6-8-16(26-2)9-7-13)19-20-23(25)18-11-15-5-3-4-14(15)10-17(18)22(19)24/h6-11H,3-5,12H2,1-2H3. The zero-order chi connectivity index (χ0) is 18.3. The quantitative estimate of drug-likeness (QED) is 0.674. The van der Waals surface area contributed by atoms with Gasteiger partial charge in [-0.2, -0.15) is 0 Å². The molecule has 4 rings (SSSR count). The lowest BCUT2D eigenvalue weighted by Gasteiger charge is -2.23. The predicted octanol–water partition coefficient (Wildman–Crippen LogP) is 2.43. The summed E-state index contributed by atoms with van der Waals surface area (Å²) >= 11 is 0. The summed E-state index contributed by atoms with van der Waals surface area (Å²) in [7, 11) is 3.37. The Labute approximate surface area is 150 Å². The Hall–Kier alpha value is -3.09. The number of aromatic nitrogens is 3. The van der Waals surface area contributed by atoms with E-state index in [2.05, 4.69) is 5.10 Å². The van der Waals surface area contributed by atoms with Crippen LogP contribution >= 0.6 is 0 Å². The molecule has 0 radical (unpaired) electrons. The highest BCUT2D eigenvalue weighted by atomic mass is 16.5. The molecule has 0 unspecified atom stereocenters.